The van der Waals surface area contributed by atoms with Crippen LogP contribution in [0.25, 0.3) is 10.9 Å². The first-order valence-corrected chi connectivity index (χ1v) is 11.6. The van der Waals surface area contributed by atoms with E-state index in [1.54, 1.807) is 6.20 Å². The summed E-state index contributed by atoms with van der Waals surface area (Å²) in [6, 6.07) is 16.1. The number of nitrogens with one attached hydrogen (secondary N) is 5. The molecule has 188 valence electrons. The predicted octanol–water partition coefficient (Wildman–Crippen LogP) is 0.376. The molecule has 36 heavy (non-hydrogen) atoms. The Kier molecular flexibility index (Phi) is 9.75. The maximum Gasteiger partial charge on any atom is 0.243 e. The van der Waals surface area contributed by atoms with E-state index in [2.05, 4.69) is 26.3 Å². The van der Waals surface area contributed by atoms with E-state index in [-0.39, 0.29) is 38.4 Å². The van der Waals surface area contributed by atoms with Crippen molar-refractivity contribution < 1.29 is 24.0 Å². The maximum atomic E-state index is 12.8. The highest BCUT2D eigenvalue weighted by Gasteiger charge is 2.23. The molecule has 1 aromatic heterocycles. The van der Waals surface area contributed by atoms with E-state index in [0.717, 1.165) is 22.0 Å². The van der Waals surface area contributed by atoms with Gasteiger partial charge in [0.1, 0.15) is 12.3 Å². The van der Waals surface area contributed by atoms with Gasteiger partial charge in [0.25, 0.3) is 0 Å². The largest absolute Gasteiger partial charge is 0.361 e. The molecule has 0 fully saturated rings. The molecule has 5 N–H and O–H groups in total. The Bertz CT molecular complexity index is 1210. The summed E-state index contributed by atoms with van der Waals surface area (Å²) in [6.45, 7) is -0.789. The summed E-state index contributed by atoms with van der Waals surface area (Å²) in [7, 11) is 0. The van der Waals surface area contributed by atoms with E-state index in [1.165, 1.54) is 0 Å². The molecule has 0 aliphatic carbocycles. The van der Waals surface area contributed by atoms with Gasteiger partial charge in [-0.2, -0.15) is 0 Å². The third kappa shape index (κ3) is 8.08. The van der Waals surface area contributed by atoms with Crippen LogP contribution in [0.1, 0.15) is 17.5 Å². The molecule has 0 bridgehead atoms. The number of aromatic amines is 1. The molecule has 0 saturated carbocycles. The summed E-state index contributed by atoms with van der Waals surface area (Å²) in [6.07, 6.45) is 3.24. The minimum atomic E-state index is -0.989. The number of fused-ring (bicyclic) bond motifs is 1. The molecule has 0 unspecified atom stereocenters. The van der Waals surface area contributed by atoms with Crippen molar-refractivity contribution in [2.45, 2.75) is 25.3 Å². The fourth-order valence-electron chi connectivity index (χ4n) is 3.65. The Labute approximate surface area is 208 Å². The van der Waals surface area contributed by atoms with Gasteiger partial charge in [-0.1, -0.05) is 48.5 Å². The number of H-pyrrole nitrogens is 1. The summed E-state index contributed by atoms with van der Waals surface area (Å²) in [5, 5.41) is 10.9. The zero-order valence-electron chi connectivity index (χ0n) is 19.7. The first kappa shape index (κ1) is 26.1. The molecule has 3 rings (SSSR count). The maximum absolute atomic E-state index is 12.8. The van der Waals surface area contributed by atoms with Crippen LogP contribution in [0.5, 0.6) is 0 Å². The average Bonchev–Trinajstić information content (AvgIpc) is 3.31. The van der Waals surface area contributed by atoms with E-state index in [9.17, 15) is 24.0 Å². The molecule has 0 aliphatic rings. The van der Waals surface area contributed by atoms with Crippen molar-refractivity contribution >= 4 is 40.8 Å². The summed E-state index contributed by atoms with van der Waals surface area (Å²) >= 11 is 0. The van der Waals surface area contributed by atoms with Crippen LogP contribution in [-0.2, 0) is 36.8 Å². The zero-order valence-corrected chi connectivity index (χ0v) is 19.7. The number of hydrogen-bond donors (Lipinski definition) is 5. The minimum Gasteiger partial charge on any atom is -0.361 e. The Balaban J connectivity index is 1.58. The number of benzene rings is 2. The lowest BCUT2D eigenvalue weighted by molar-refractivity contribution is -0.131. The van der Waals surface area contributed by atoms with Gasteiger partial charge in [-0.3, -0.25) is 19.2 Å². The Morgan fingerprint density at radius 3 is 2.33 bits per heavy atom. The van der Waals surface area contributed by atoms with E-state index >= 15 is 0 Å². The van der Waals surface area contributed by atoms with E-state index in [4.69, 9.17) is 0 Å². The van der Waals surface area contributed by atoms with Crippen molar-refractivity contribution in [1.82, 2.24) is 26.3 Å². The van der Waals surface area contributed by atoms with Crippen LogP contribution < -0.4 is 21.3 Å². The number of amides is 4. The van der Waals surface area contributed by atoms with Crippen molar-refractivity contribution in [1.29, 1.82) is 0 Å². The van der Waals surface area contributed by atoms with Crippen LogP contribution in [-0.4, -0.2) is 60.6 Å². The molecule has 10 heteroatoms. The average molecular weight is 492 g/mol. The smallest absolute Gasteiger partial charge is 0.243 e. The van der Waals surface area contributed by atoms with Crippen LogP contribution in [0.3, 0.4) is 0 Å². The molecule has 0 aliphatic heterocycles. The summed E-state index contributed by atoms with van der Waals surface area (Å²) in [5.74, 6) is -1.91. The molecule has 1 heterocycles. The van der Waals surface area contributed by atoms with Crippen LogP contribution >= 0.6 is 0 Å². The van der Waals surface area contributed by atoms with Crippen molar-refractivity contribution in [3.05, 3.63) is 71.9 Å². The predicted molar refractivity (Wildman–Crippen MR) is 134 cm³/mol. The monoisotopic (exact) mass is 491 g/mol. The number of aryl methyl sites for hydroxylation is 1. The van der Waals surface area contributed by atoms with Gasteiger partial charge >= 0.3 is 0 Å². The minimum absolute atomic E-state index is 0.159. The second kappa shape index (κ2) is 13.4. The summed E-state index contributed by atoms with van der Waals surface area (Å²) in [5.41, 5.74) is 2.71. The van der Waals surface area contributed by atoms with Crippen LogP contribution in [0.4, 0.5) is 0 Å². The van der Waals surface area contributed by atoms with Gasteiger partial charge < -0.3 is 31.0 Å². The Morgan fingerprint density at radius 2 is 1.56 bits per heavy atom. The number of carbonyl (C=O) groups is 5. The Morgan fingerprint density at radius 1 is 0.833 bits per heavy atom. The van der Waals surface area contributed by atoms with Gasteiger partial charge in [0.15, 0.2) is 0 Å². The molecular weight excluding hydrogens is 462 g/mol. The van der Waals surface area contributed by atoms with E-state index < -0.39 is 23.8 Å². The lowest BCUT2D eigenvalue weighted by Crippen LogP contribution is -2.52. The molecular formula is C26H29N5O5. The molecule has 1 atom stereocenters. The second-order valence-corrected chi connectivity index (χ2v) is 8.13. The van der Waals surface area contributed by atoms with Gasteiger partial charge in [-0.15, -0.1) is 0 Å². The highest BCUT2D eigenvalue weighted by Crippen LogP contribution is 2.19. The number of rotatable bonds is 13. The number of para-hydroxylation sites is 1. The third-order valence-corrected chi connectivity index (χ3v) is 5.49. The molecule has 0 spiro atoms. The lowest BCUT2D eigenvalue weighted by Gasteiger charge is -2.18. The molecule has 10 nitrogen and oxygen atoms in total. The fraction of sp³-hybridized carbons (Fsp3) is 0.269. The van der Waals surface area contributed by atoms with Gasteiger partial charge in [0, 0.05) is 29.9 Å². The number of aldehydes is 1. The van der Waals surface area contributed by atoms with Gasteiger partial charge in [0.2, 0.25) is 23.6 Å². The lowest BCUT2D eigenvalue weighted by atomic mass is 10.0. The first-order valence-electron chi connectivity index (χ1n) is 11.6. The van der Waals surface area contributed by atoms with Gasteiger partial charge in [-0.05, 0) is 23.6 Å². The van der Waals surface area contributed by atoms with Crippen molar-refractivity contribution in [2.24, 2.45) is 0 Å². The highest BCUT2D eigenvalue weighted by molar-refractivity contribution is 5.93. The molecule has 2 aromatic carbocycles. The van der Waals surface area contributed by atoms with Crippen molar-refractivity contribution in [3.8, 4) is 0 Å². The summed E-state index contributed by atoms with van der Waals surface area (Å²) in [4.78, 5) is 62.9. The highest BCUT2D eigenvalue weighted by atomic mass is 16.2. The van der Waals surface area contributed by atoms with Crippen molar-refractivity contribution in [2.75, 3.05) is 19.6 Å². The zero-order chi connectivity index (χ0) is 25.8. The topological polar surface area (TPSA) is 149 Å². The van der Waals surface area contributed by atoms with Gasteiger partial charge in [-0.25, -0.2) is 0 Å². The molecule has 0 saturated heterocycles. The standard InChI is InChI=1S/C26H29N5O5/c32-13-12-27-24(34)16-30-26(36)22(14-19-15-28-21-9-5-4-8-20(19)21)31-25(35)17-29-23(33)11-10-18-6-2-1-3-7-18/h1-9,13,15,22,28H,10-12,14,16-17H2,(H,27,34)(H,29,33)(H,30,36)(H,31,35)/t22-/m0/s1. The second-order valence-electron chi connectivity index (χ2n) is 8.13. The summed E-state index contributed by atoms with van der Waals surface area (Å²) < 4.78 is 0. The van der Waals surface area contributed by atoms with E-state index in [0.29, 0.717) is 12.7 Å². The molecule has 0 radical (unpaired) electrons. The van der Waals surface area contributed by atoms with Gasteiger partial charge in [0.05, 0.1) is 19.6 Å². The molecule has 4 amide bonds. The van der Waals surface area contributed by atoms with Crippen LogP contribution in [0, 0.1) is 0 Å². The Hall–Kier alpha value is -4.47. The fourth-order valence-corrected chi connectivity index (χ4v) is 3.65. The van der Waals surface area contributed by atoms with E-state index in [1.807, 2.05) is 54.6 Å². The number of carbonyl (C=O) groups excluding carboxylic acids is 5. The quantitative estimate of drug-likeness (QED) is 0.219. The first-order chi connectivity index (χ1) is 17.5. The molecule has 3 aromatic rings. The third-order valence-electron chi connectivity index (χ3n) is 5.49. The van der Waals surface area contributed by atoms with Crippen molar-refractivity contribution in [3.63, 3.8) is 0 Å². The number of hydrogen-bond acceptors (Lipinski definition) is 5. The normalized spacial score (nSPS) is 11.3. The number of aromatic nitrogens is 1. The van der Waals surface area contributed by atoms with Crippen LogP contribution in [0.15, 0.2) is 60.8 Å². The SMILES string of the molecule is O=CCNC(=O)CNC(=O)[C@H](Cc1c[nH]c2ccccc12)NC(=O)CNC(=O)CCc1ccccc1. The van der Waals surface area contributed by atoms with Crippen LogP contribution in [0.2, 0.25) is 0 Å².